The molecule has 0 rings (SSSR count). The average molecular weight is 1230 g/mol. The molecule has 0 saturated heterocycles. The Kier molecular flexibility index (Phi) is 38.3. The maximum absolute atomic E-state index is 14.1. The van der Waals surface area contributed by atoms with Crippen molar-refractivity contribution >= 4 is 71.0 Å². The van der Waals surface area contributed by atoms with Crippen LogP contribution in [0.5, 0.6) is 0 Å². The summed E-state index contributed by atoms with van der Waals surface area (Å²) in [5.41, 5.74) is 16.9. The van der Waals surface area contributed by atoms with Crippen LogP contribution in [0.3, 0.4) is 0 Å². The van der Waals surface area contributed by atoms with Crippen molar-refractivity contribution in [2.75, 3.05) is 26.2 Å². The van der Waals surface area contributed by atoms with E-state index in [1.54, 1.807) is 55.4 Å². The normalized spacial score (nSPS) is 16.0. The second-order valence-electron chi connectivity index (χ2n) is 23.2. The molecule has 10 amide bonds. The van der Waals surface area contributed by atoms with Gasteiger partial charge in [0.25, 0.3) is 0 Å². The number of unbranched alkanes of at least 4 members (excludes halogenated alkanes) is 2. The van der Waals surface area contributed by atoms with Gasteiger partial charge in [-0.2, -0.15) is 0 Å². The van der Waals surface area contributed by atoms with E-state index in [-0.39, 0.29) is 56.9 Å². The summed E-state index contributed by atoms with van der Waals surface area (Å²) in [6.45, 7) is 15.8. The summed E-state index contributed by atoms with van der Waals surface area (Å²) in [4.78, 5) is 159. The average Bonchev–Trinajstić information content (AvgIpc) is 2.93. The molecule has 13 atom stereocenters. The third-order valence-electron chi connectivity index (χ3n) is 13.6. The summed E-state index contributed by atoms with van der Waals surface area (Å²) >= 11 is 0. The van der Waals surface area contributed by atoms with Crippen molar-refractivity contribution in [2.45, 2.75) is 225 Å². The molecule has 0 fully saturated rings. The number of aliphatic hydroxyl groups is 4. The van der Waals surface area contributed by atoms with Gasteiger partial charge in [0, 0.05) is 19.4 Å². The minimum absolute atomic E-state index is 0.00226. The fourth-order valence-electron chi connectivity index (χ4n) is 8.48. The lowest BCUT2D eigenvalue weighted by molar-refractivity contribution is -0.143. The number of carboxylic acids is 2. The van der Waals surface area contributed by atoms with E-state index in [4.69, 9.17) is 22.3 Å². The molecule has 0 heterocycles. The fraction of sp³-hybridized carbons (Fsp3) is 0.782. The first-order valence-corrected chi connectivity index (χ1v) is 29.4. The Balaban J connectivity index is 6.33. The smallest absolute Gasteiger partial charge is 0.326 e. The lowest BCUT2D eigenvalue weighted by Gasteiger charge is -2.30. The number of primary amides is 1. The summed E-state index contributed by atoms with van der Waals surface area (Å²) in [7, 11) is 0. The number of nitrogens with one attached hydrogen (secondary N) is 10. The summed E-state index contributed by atoms with van der Waals surface area (Å²) in [5.74, 6) is -13.5. The minimum atomic E-state index is -1.75. The van der Waals surface area contributed by atoms with Gasteiger partial charge in [-0.15, -0.1) is 0 Å². The number of carboxylic acid groups (broad SMARTS) is 2. The molecule has 31 nitrogen and oxygen atoms in total. The van der Waals surface area contributed by atoms with Gasteiger partial charge in [-0.3, -0.25) is 52.7 Å². The molecule has 0 aliphatic rings. The number of rotatable bonds is 45. The quantitative estimate of drug-likeness (QED) is 0.0255. The Morgan fingerprint density at radius 2 is 0.860 bits per heavy atom. The zero-order valence-electron chi connectivity index (χ0n) is 51.4. The molecule has 0 bridgehead atoms. The molecule has 0 aromatic carbocycles. The minimum Gasteiger partial charge on any atom is -0.481 e. The SMILES string of the molecule is CC(C)C[C@H](NC(=O)[C@H](C)NC(=O)[C@@H](NC(=O)[C@H](CCC(N)=O)NC(=O)[C@@H](N)CCCCNCC(O)C(O)CO)[C@@H](C)O)C(=O)N[C@H](C(=O)N[C@@H](CCC(=O)O)C(=O)N[C@@H](CC(C)C)C(=O)N[C@H](C(=O)N[C@@H](CCCCN)C(=O)O)C(C)C)C(C)C. The van der Waals surface area contributed by atoms with Gasteiger partial charge >= 0.3 is 11.9 Å². The van der Waals surface area contributed by atoms with Gasteiger partial charge < -0.3 is 101 Å². The second kappa shape index (κ2) is 41.5. The highest BCUT2D eigenvalue weighted by molar-refractivity contribution is 5.99. The van der Waals surface area contributed by atoms with Gasteiger partial charge in [0.15, 0.2) is 0 Å². The van der Waals surface area contributed by atoms with Crippen LogP contribution in [0.15, 0.2) is 0 Å². The summed E-state index contributed by atoms with van der Waals surface area (Å²) in [6, 6.07) is -14.1. The number of hydrogen-bond acceptors (Lipinski definition) is 19. The van der Waals surface area contributed by atoms with Crippen molar-refractivity contribution in [1.29, 1.82) is 0 Å². The van der Waals surface area contributed by atoms with Crippen molar-refractivity contribution in [2.24, 2.45) is 40.9 Å². The van der Waals surface area contributed by atoms with Crippen molar-refractivity contribution in [3.8, 4) is 0 Å². The first-order valence-electron chi connectivity index (χ1n) is 29.4. The summed E-state index contributed by atoms with van der Waals surface area (Å²) < 4.78 is 0. The van der Waals surface area contributed by atoms with Crippen LogP contribution in [-0.2, 0) is 57.5 Å². The first kappa shape index (κ1) is 79.4. The van der Waals surface area contributed by atoms with Crippen molar-refractivity contribution < 1.29 is 88.2 Å². The van der Waals surface area contributed by atoms with Crippen LogP contribution in [0.4, 0.5) is 0 Å². The first-order chi connectivity index (χ1) is 40.1. The zero-order chi connectivity index (χ0) is 66.1. The molecule has 86 heavy (non-hydrogen) atoms. The van der Waals surface area contributed by atoms with Gasteiger partial charge in [-0.1, -0.05) is 61.8 Å². The van der Waals surface area contributed by atoms with E-state index in [0.29, 0.717) is 38.8 Å². The molecule has 0 aromatic heterocycles. The highest BCUT2D eigenvalue weighted by Crippen LogP contribution is 2.14. The number of aliphatic hydroxyl groups excluding tert-OH is 4. The molecule has 0 radical (unpaired) electrons. The number of nitrogens with two attached hydrogens (primary N) is 3. The van der Waals surface area contributed by atoms with Crippen molar-refractivity contribution in [3.63, 3.8) is 0 Å². The summed E-state index contributed by atoms with van der Waals surface area (Å²) in [6.07, 6.45) is -3.94. The predicted molar refractivity (Wildman–Crippen MR) is 313 cm³/mol. The highest BCUT2D eigenvalue weighted by atomic mass is 16.4. The second-order valence-corrected chi connectivity index (χ2v) is 23.2. The number of carbonyl (C=O) groups is 12. The molecular weight excluding hydrogens is 1130 g/mol. The van der Waals surface area contributed by atoms with Crippen molar-refractivity contribution in [3.05, 3.63) is 0 Å². The van der Waals surface area contributed by atoms with Crippen LogP contribution >= 0.6 is 0 Å². The molecule has 0 saturated carbocycles. The van der Waals surface area contributed by atoms with Gasteiger partial charge in [-0.25, -0.2) is 4.79 Å². The Morgan fingerprint density at radius 3 is 1.30 bits per heavy atom. The molecule has 0 spiro atoms. The largest absolute Gasteiger partial charge is 0.481 e. The fourth-order valence-corrected chi connectivity index (χ4v) is 8.48. The summed E-state index contributed by atoms with van der Waals surface area (Å²) in [5, 5.41) is 83.4. The lowest BCUT2D eigenvalue weighted by atomic mass is 9.98. The Bertz CT molecular complexity index is 2200. The van der Waals surface area contributed by atoms with E-state index in [2.05, 4.69) is 53.2 Å². The van der Waals surface area contributed by atoms with Crippen molar-refractivity contribution in [1.82, 2.24) is 53.2 Å². The Hall–Kier alpha value is -6.64. The highest BCUT2D eigenvalue weighted by Gasteiger charge is 2.37. The molecule has 0 aliphatic carbocycles. The van der Waals surface area contributed by atoms with Crippen LogP contribution in [0.2, 0.25) is 0 Å². The molecular formula is C55H101N13O18. The molecule has 494 valence electrons. The third kappa shape index (κ3) is 31.7. The van der Waals surface area contributed by atoms with Crippen LogP contribution in [0.1, 0.15) is 146 Å². The Morgan fingerprint density at radius 1 is 0.442 bits per heavy atom. The maximum atomic E-state index is 14.1. The monoisotopic (exact) mass is 1230 g/mol. The van der Waals surface area contributed by atoms with Gasteiger partial charge in [0.05, 0.1) is 24.9 Å². The van der Waals surface area contributed by atoms with E-state index < -0.39 is 181 Å². The standard InChI is InChI=1S/C55H101N13O18/c1-27(2)23-37(64-46(76)31(9)60-54(84)45(32(10)70)68-49(79)34(17-19-41(58)73)61-47(77)33(57)15-12-14-22-59-25-39(71)40(72)26-69)50(80)66-43(29(5)6)52(82)62-35(18-20-42(74)75)48(78)65-38(24-28(3)4)51(81)67-44(30(7)8)53(83)63-36(55(85)86)16-11-13-21-56/h27-40,43-45,59,69-72H,11-26,56-57H2,1-10H3,(H2,58,73)(H,60,84)(H,61,77)(H,62,82)(H,63,83)(H,64,76)(H,65,78)(H,66,80)(H,67,81)(H,68,79)(H,74,75)(H,85,86)/t31-,32+,33-,34-,35-,36-,37-,38-,39?,40?,43-,44-,45-/m0/s1. The topological polar surface area (TPSA) is 525 Å². The molecule has 31 heteroatoms. The van der Waals surface area contributed by atoms with E-state index in [0.717, 1.165) is 6.92 Å². The van der Waals surface area contributed by atoms with Gasteiger partial charge in [-0.05, 0) is 108 Å². The molecule has 0 aromatic rings. The Labute approximate surface area is 503 Å². The van der Waals surface area contributed by atoms with E-state index in [9.17, 15) is 83.1 Å². The zero-order valence-corrected chi connectivity index (χ0v) is 51.4. The lowest BCUT2D eigenvalue weighted by Crippen LogP contribution is -2.62. The van der Waals surface area contributed by atoms with E-state index in [1.807, 2.05) is 0 Å². The molecule has 2 unspecified atom stereocenters. The van der Waals surface area contributed by atoms with Crippen LogP contribution in [0, 0.1) is 23.7 Å². The third-order valence-corrected chi connectivity index (χ3v) is 13.6. The number of aliphatic carboxylic acids is 2. The number of carbonyl (C=O) groups excluding carboxylic acids is 10. The maximum Gasteiger partial charge on any atom is 0.326 e. The number of hydrogen-bond donors (Lipinski definition) is 19. The van der Waals surface area contributed by atoms with Gasteiger partial charge in [0.1, 0.15) is 60.5 Å². The predicted octanol–water partition coefficient (Wildman–Crippen LogP) is -4.70. The van der Waals surface area contributed by atoms with Crippen LogP contribution in [0.25, 0.3) is 0 Å². The van der Waals surface area contributed by atoms with Crippen LogP contribution in [-0.4, -0.2) is 207 Å². The molecule has 0 aliphatic heterocycles. The van der Waals surface area contributed by atoms with E-state index >= 15 is 0 Å². The van der Waals surface area contributed by atoms with Gasteiger partial charge in [0.2, 0.25) is 59.1 Å². The number of amides is 10. The molecule has 22 N–H and O–H groups in total. The van der Waals surface area contributed by atoms with Crippen LogP contribution < -0.4 is 70.4 Å². The van der Waals surface area contributed by atoms with E-state index in [1.165, 1.54) is 6.92 Å².